The fourth-order valence-corrected chi connectivity index (χ4v) is 3.47. The average molecular weight is 296 g/mol. The lowest BCUT2D eigenvalue weighted by Gasteiger charge is -2.44. The van der Waals surface area contributed by atoms with Crippen LogP contribution in [0.3, 0.4) is 0 Å². The molecule has 0 amide bonds. The van der Waals surface area contributed by atoms with Crippen molar-refractivity contribution in [2.45, 2.75) is 11.8 Å². The van der Waals surface area contributed by atoms with Gasteiger partial charge in [-0.15, -0.1) is 7.76 Å². The van der Waals surface area contributed by atoms with Gasteiger partial charge in [-0.2, -0.15) is 0 Å². The first-order chi connectivity index (χ1) is 5.71. The Hall–Kier alpha value is 0.220. The minimum absolute atomic E-state index is 0.437. The predicted molar refractivity (Wildman–Crippen MR) is 58.1 cm³/mol. The molecule has 0 spiro atoms. The number of halogens is 1. The normalized spacial score (nSPS) is 22.8. The fraction of sp³-hybridized carbons (Fsp3) is 0.250. The molecule has 1 fully saturated rings. The lowest BCUT2D eigenvalue weighted by atomic mass is 10.2. The first-order valence-electron chi connectivity index (χ1n) is 3.59. The highest BCUT2D eigenvalue weighted by Crippen LogP contribution is 2.70. The van der Waals surface area contributed by atoms with Crippen LogP contribution in [-0.2, 0) is 8.37 Å². The molecule has 2 nitrogen and oxygen atoms in total. The van der Waals surface area contributed by atoms with Crippen molar-refractivity contribution in [1.82, 2.24) is 0 Å². The molecule has 1 heterocycles. The molecule has 0 aliphatic carbocycles. The lowest BCUT2D eigenvalue weighted by Crippen LogP contribution is -2.16. The zero-order valence-electron chi connectivity index (χ0n) is 6.62. The van der Waals surface area contributed by atoms with Gasteiger partial charge in [-0.1, -0.05) is 17.7 Å². The molecule has 1 aromatic carbocycles. The lowest BCUT2D eigenvalue weighted by molar-refractivity contribution is 0.0585. The van der Waals surface area contributed by atoms with Crippen LogP contribution in [0.5, 0.6) is 0 Å². The summed E-state index contributed by atoms with van der Waals surface area (Å²) < 4.78 is 10.8. The Labute approximate surface area is 85.6 Å². The molecule has 12 heavy (non-hydrogen) atoms. The molecule has 4 heteroatoms. The number of aryl methyl sites for hydroxylation is 1. The van der Waals surface area contributed by atoms with Gasteiger partial charge in [-0.3, -0.25) is 0 Å². The maximum Gasteiger partial charge on any atom is 0.195 e. The Kier molecular flexibility index (Phi) is 2.33. The number of rotatable bonds is 1. The van der Waals surface area contributed by atoms with E-state index in [4.69, 9.17) is 8.37 Å². The van der Waals surface area contributed by atoms with E-state index in [1.165, 1.54) is 5.56 Å². The summed E-state index contributed by atoms with van der Waals surface area (Å²) in [6.45, 7) is 2.51. The van der Waals surface area contributed by atoms with Crippen molar-refractivity contribution in [2.75, 3.05) is 6.79 Å². The molecule has 1 aromatic rings. The van der Waals surface area contributed by atoms with Crippen molar-refractivity contribution in [3.05, 3.63) is 29.8 Å². The summed E-state index contributed by atoms with van der Waals surface area (Å²) in [6, 6.07) is 8.29. The Bertz CT molecular complexity index is 282. The van der Waals surface area contributed by atoms with E-state index in [0.717, 1.165) is 4.90 Å². The standard InChI is InChI=1S/C8H9IO2S/c1-7-2-4-8(5-3-7)12(9)10-6-11-12/h2-5H,6H2,1H3. The van der Waals surface area contributed by atoms with Gasteiger partial charge < -0.3 is 0 Å². The third-order valence-corrected chi connectivity index (χ3v) is 6.39. The van der Waals surface area contributed by atoms with Crippen molar-refractivity contribution in [2.24, 2.45) is 0 Å². The Morgan fingerprint density at radius 1 is 1.25 bits per heavy atom. The van der Waals surface area contributed by atoms with Crippen LogP contribution in [0.2, 0.25) is 0 Å². The van der Waals surface area contributed by atoms with Gasteiger partial charge in [-0.25, -0.2) is 8.37 Å². The van der Waals surface area contributed by atoms with Crippen LogP contribution in [0.25, 0.3) is 0 Å². The van der Waals surface area contributed by atoms with Gasteiger partial charge in [0.05, 0.1) is 26.1 Å². The van der Waals surface area contributed by atoms with E-state index in [1.807, 2.05) is 0 Å². The Morgan fingerprint density at radius 3 is 2.25 bits per heavy atom. The monoisotopic (exact) mass is 296 g/mol. The maximum atomic E-state index is 5.39. The van der Waals surface area contributed by atoms with Crippen LogP contribution in [0.1, 0.15) is 5.56 Å². The minimum atomic E-state index is -1.36. The van der Waals surface area contributed by atoms with Crippen LogP contribution in [0.15, 0.2) is 29.2 Å². The number of hydrogen-bond acceptors (Lipinski definition) is 2. The van der Waals surface area contributed by atoms with E-state index in [2.05, 4.69) is 52.4 Å². The molecule has 0 unspecified atom stereocenters. The molecule has 0 bridgehead atoms. The molecule has 0 radical (unpaired) electrons. The predicted octanol–water partition coefficient (Wildman–Crippen LogP) is 3.34. The van der Waals surface area contributed by atoms with E-state index < -0.39 is 7.76 Å². The molecule has 1 saturated heterocycles. The summed E-state index contributed by atoms with van der Waals surface area (Å²) in [6.07, 6.45) is 0. The van der Waals surface area contributed by atoms with E-state index in [0.29, 0.717) is 6.79 Å². The van der Waals surface area contributed by atoms with Gasteiger partial charge in [-0.05, 0) is 19.1 Å². The molecule has 1 aliphatic heterocycles. The molecule has 1 aliphatic rings. The summed E-state index contributed by atoms with van der Waals surface area (Å²) >= 11 is 2.24. The molecule has 2 rings (SSSR count). The van der Waals surface area contributed by atoms with Crippen LogP contribution < -0.4 is 0 Å². The minimum Gasteiger partial charge on any atom is -0.240 e. The van der Waals surface area contributed by atoms with Gasteiger partial charge in [0.1, 0.15) is 0 Å². The second-order valence-electron chi connectivity index (χ2n) is 2.60. The second kappa shape index (κ2) is 3.17. The molecule has 66 valence electrons. The molecular weight excluding hydrogens is 287 g/mol. The van der Waals surface area contributed by atoms with Crippen LogP contribution in [-0.4, -0.2) is 6.79 Å². The number of benzene rings is 1. The maximum absolute atomic E-state index is 5.39. The third kappa shape index (κ3) is 1.48. The first-order valence-corrected chi connectivity index (χ1v) is 7.62. The van der Waals surface area contributed by atoms with Gasteiger partial charge in [0.2, 0.25) is 0 Å². The quantitative estimate of drug-likeness (QED) is 0.740. The summed E-state index contributed by atoms with van der Waals surface area (Å²) in [4.78, 5) is 1.15. The van der Waals surface area contributed by atoms with Gasteiger partial charge in [0.15, 0.2) is 6.79 Å². The number of hydrogen-bond donors (Lipinski definition) is 0. The molecule has 0 saturated carbocycles. The van der Waals surface area contributed by atoms with Gasteiger partial charge in [0, 0.05) is 0 Å². The molecule has 0 aromatic heterocycles. The highest BCUT2D eigenvalue weighted by atomic mass is 127. The van der Waals surface area contributed by atoms with Crippen molar-refractivity contribution in [3.63, 3.8) is 0 Å². The van der Waals surface area contributed by atoms with Crippen LogP contribution >= 0.6 is 29.0 Å². The largest absolute Gasteiger partial charge is 0.240 e. The molecule has 0 N–H and O–H groups in total. The zero-order chi connectivity index (χ0) is 8.60. The van der Waals surface area contributed by atoms with Crippen molar-refractivity contribution in [3.8, 4) is 0 Å². The smallest absolute Gasteiger partial charge is 0.195 e. The van der Waals surface area contributed by atoms with E-state index >= 15 is 0 Å². The SMILES string of the molecule is Cc1ccc(S2(I)OCO2)cc1. The molecular formula is C8H9IO2S. The average Bonchev–Trinajstić information content (AvgIpc) is 2.02. The Morgan fingerprint density at radius 2 is 1.83 bits per heavy atom. The summed E-state index contributed by atoms with van der Waals surface area (Å²) in [5.41, 5.74) is 1.26. The van der Waals surface area contributed by atoms with Gasteiger partial charge in [0.25, 0.3) is 0 Å². The first kappa shape index (κ1) is 8.80. The Balaban J connectivity index is 2.28. The van der Waals surface area contributed by atoms with Crippen LogP contribution in [0.4, 0.5) is 0 Å². The van der Waals surface area contributed by atoms with E-state index in [-0.39, 0.29) is 0 Å². The summed E-state index contributed by atoms with van der Waals surface area (Å²) in [5, 5.41) is 0. The molecule has 0 atom stereocenters. The summed E-state index contributed by atoms with van der Waals surface area (Å²) in [5.74, 6) is 0. The van der Waals surface area contributed by atoms with Crippen molar-refractivity contribution < 1.29 is 8.37 Å². The van der Waals surface area contributed by atoms with E-state index in [9.17, 15) is 0 Å². The van der Waals surface area contributed by atoms with E-state index in [1.54, 1.807) is 0 Å². The third-order valence-electron chi connectivity index (χ3n) is 1.70. The second-order valence-corrected chi connectivity index (χ2v) is 7.90. The zero-order valence-corrected chi connectivity index (χ0v) is 9.59. The fourth-order valence-electron chi connectivity index (χ4n) is 0.969. The van der Waals surface area contributed by atoms with Crippen LogP contribution in [0, 0.1) is 6.92 Å². The van der Waals surface area contributed by atoms with Crippen molar-refractivity contribution in [1.29, 1.82) is 0 Å². The topological polar surface area (TPSA) is 18.5 Å². The highest BCUT2D eigenvalue weighted by molar-refractivity contribution is 14.2. The highest BCUT2D eigenvalue weighted by Gasteiger charge is 2.29. The van der Waals surface area contributed by atoms with Crippen molar-refractivity contribution >= 4 is 29.0 Å². The summed E-state index contributed by atoms with van der Waals surface area (Å²) in [7, 11) is -1.36. The van der Waals surface area contributed by atoms with Gasteiger partial charge >= 0.3 is 0 Å².